The van der Waals surface area contributed by atoms with Crippen LogP contribution in [0.2, 0.25) is 0 Å². The fourth-order valence-corrected chi connectivity index (χ4v) is 3.42. The highest BCUT2D eigenvalue weighted by Crippen LogP contribution is 2.31. The van der Waals surface area contributed by atoms with Gasteiger partial charge in [0.05, 0.1) is 14.4 Å². The average molecular weight is 342 g/mol. The molecule has 1 amide bonds. The number of nitrogens with one attached hydrogen (secondary N) is 1. The molecule has 0 bridgehead atoms. The molecule has 0 saturated carbocycles. The Morgan fingerprint density at radius 1 is 1.64 bits per heavy atom. The first kappa shape index (κ1) is 11.7. The fourth-order valence-electron chi connectivity index (χ4n) is 0.770. The number of carboxylic acid groups (broad SMARTS) is 1. The summed E-state index contributed by atoms with van der Waals surface area (Å²) in [6.07, 6.45) is -1.17. The van der Waals surface area contributed by atoms with Crippen LogP contribution in [-0.2, 0) is 0 Å². The minimum Gasteiger partial charge on any atom is -0.464 e. The molecule has 14 heavy (non-hydrogen) atoms. The standard InChI is InChI=1S/C7H6Br2N2O2S/c1-3(10-11-7(12)13)6-4(8)2-5(9)14-6/h2,11H,1H3,(H,12,13). The molecular weight excluding hydrogens is 336 g/mol. The maximum Gasteiger partial charge on any atom is 0.425 e. The number of hydrogen-bond donors (Lipinski definition) is 2. The lowest BCUT2D eigenvalue weighted by molar-refractivity contribution is 0.195. The van der Waals surface area contributed by atoms with Crippen LogP contribution in [-0.4, -0.2) is 16.9 Å². The molecule has 0 spiro atoms. The molecule has 0 aliphatic heterocycles. The summed E-state index contributed by atoms with van der Waals surface area (Å²) in [5.41, 5.74) is 2.58. The number of rotatable bonds is 2. The van der Waals surface area contributed by atoms with E-state index in [0.717, 1.165) is 13.1 Å². The molecule has 0 unspecified atom stereocenters. The van der Waals surface area contributed by atoms with E-state index in [4.69, 9.17) is 5.11 Å². The first-order valence-electron chi connectivity index (χ1n) is 3.49. The Morgan fingerprint density at radius 3 is 2.71 bits per heavy atom. The molecular formula is C7H6Br2N2O2S. The maximum absolute atomic E-state index is 10.2. The lowest BCUT2D eigenvalue weighted by Gasteiger charge is -1.96. The van der Waals surface area contributed by atoms with Crippen molar-refractivity contribution in [3.8, 4) is 0 Å². The Balaban J connectivity index is 2.88. The van der Waals surface area contributed by atoms with Crippen molar-refractivity contribution in [3.05, 3.63) is 19.2 Å². The lowest BCUT2D eigenvalue weighted by Crippen LogP contribution is -2.15. The average Bonchev–Trinajstić information content (AvgIpc) is 2.41. The molecule has 0 fully saturated rings. The van der Waals surface area contributed by atoms with Crippen LogP contribution in [0.15, 0.2) is 19.4 Å². The Labute approximate surface area is 101 Å². The van der Waals surface area contributed by atoms with Crippen molar-refractivity contribution in [1.82, 2.24) is 5.43 Å². The normalized spacial score (nSPS) is 11.5. The van der Waals surface area contributed by atoms with Gasteiger partial charge in [0, 0.05) is 4.47 Å². The second-order valence-corrected chi connectivity index (χ2v) is 5.63. The minimum atomic E-state index is -1.17. The van der Waals surface area contributed by atoms with Gasteiger partial charge >= 0.3 is 6.09 Å². The Hall–Kier alpha value is -0.400. The lowest BCUT2D eigenvalue weighted by atomic mass is 10.3. The van der Waals surface area contributed by atoms with Gasteiger partial charge < -0.3 is 5.11 Å². The van der Waals surface area contributed by atoms with Gasteiger partial charge in [0.1, 0.15) is 0 Å². The third kappa shape index (κ3) is 3.07. The van der Waals surface area contributed by atoms with Gasteiger partial charge in [-0.2, -0.15) is 5.10 Å². The Kier molecular flexibility index (Phi) is 4.09. The van der Waals surface area contributed by atoms with E-state index in [0.29, 0.717) is 5.71 Å². The second-order valence-electron chi connectivity index (χ2n) is 2.34. The monoisotopic (exact) mass is 340 g/mol. The molecule has 0 saturated heterocycles. The van der Waals surface area contributed by atoms with Crippen molar-refractivity contribution in [2.24, 2.45) is 5.10 Å². The van der Waals surface area contributed by atoms with Crippen LogP contribution in [0.5, 0.6) is 0 Å². The molecule has 2 N–H and O–H groups in total. The van der Waals surface area contributed by atoms with Crippen LogP contribution in [0.25, 0.3) is 0 Å². The van der Waals surface area contributed by atoms with Gasteiger partial charge in [0.2, 0.25) is 0 Å². The number of halogens is 2. The summed E-state index contributed by atoms with van der Waals surface area (Å²) in [4.78, 5) is 11.1. The van der Waals surface area contributed by atoms with Gasteiger partial charge in [-0.3, -0.25) is 0 Å². The molecule has 0 aromatic carbocycles. The summed E-state index contributed by atoms with van der Waals surface area (Å²) in [5, 5.41) is 12.0. The summed E-state index contributed by atoms with van der Waals surface area (Å²) in [6, 6.07) is 1.89. The summed E-state index contributed by atoms with van der Waals surface area (Å²) in [5.74, 6) is 0. The zero-order valence-corrected chi connectivity index (χ0v) is 11.0. The number of hydrogen-bond acceptors (Lipinski definition) is 3. The predicted octanol–water partition coefficient (Wildman–Crippen LogP) is 3.26. The molecule has 7 heteroatoms. The third-order valence-electron chi connectivity index (χ3n) is 1.30. The number of thiophene rings is 1. The zero-order chi connectivity index (χ0) is 10.7. The number of hydrazone groups is 1. The van der Waals surface area contributed by atoms with Crippen molar-refractivity contribution in [1.29, 1.82) is 0 Å². The third-order valence-corrected chi connectivity index (χ3v) is 3.94. The van der Waals surface area contributed by atoms with Crippen molar-refractivity contribution in [3.63, 3.8) is 0 Å². The van der Waals surface area contributed by atoms with E-state index in [-0.39, 0.29) is 0 Å². The largest absolute Gasteiger partial charge is 0.464 e. The van der Waals surface area contributed by atoms with Crippen LogP contribution in [0.3, 0.4) is 0 Å². The van der Waals surface area contributed by atoms with Crippen LogP contribution in [0.4, 0.5) is 4.79 Å². The highest BCUT2D eigenvalue weighted by atomic mass is 79.9. The fraction of sp³-hybridized carbons (Fsp3) is 0.143. The SMILES string of the molecule is CC(=NNC(=O)O)c1sc(Br)cc1Br. The van der Waals surface area contributed by atoms with Gasteiger partial charge in [0.15, 0.2) is 0 Å². The van der Waals surface area contributed by atoms with Gasteiger partial charge in [-0.1, -0.05) is 0 Å². The molecule has 0 aliphatic carbocycles. The number of carbonyl (C=O) groups is 1. The summed E-state index contributed by atoms with van der Waals surface area (Å²) in [7, 11) is 0. The summed E-state index contributed by atoms with van der Waals surface area (Å²) >= 11 is 8.16. The smallest absolute Gasteiger partial charge is 0.425 e. The zero-order valence-electron chi connectivity index (χ0n) is 7.04. The molecule has 4 nitrogen and oxygen atoms in total. The highest BCUT2D eigenvalue weighted by molar-refractivity contribution is 9.11. The molecule has 0 atom stereocenters. The molecule has 1 aromatic rings. The highest BCUT2D eigenvalue weighted by Gasteiger charge is 2.08. The van der Waals surface area contributed by atoms with Crippen LogP contribution in [0.1, 0.15) is 11.8 Å². The first-order valence-corrected chi connectivity index (χ1v) is 5.89. The van der Waals surface area contributed by atoms with Gasteiger partial charge in [-0.05, 0) is 44.8 Å². The summed E-state index contributed by atoms with van der Waals surface area (Å²) in [6.45, 7) is 1.74. The van der Waals surface area contributed by atoms with Crippen molar-refractivity contribution in [2.75, 3.05) is 0 Å². The first-order chi connectivity index (χ1) is 6.50. The molecule has 0 aliphatic rings. The van der Waals surface area contributed by atoms with Crippen molar-refractivity contribution in [2.45, 2.75) is 6.92 Å². The van der Waals surface area contributed by atoms with E-state index in [9.17, 15) is 4.79 Å². The number of nitrogens with zero attached hydrogens (tertiary/aromatic N) is 1. The van der Waals surface area contributed by atoms with Crippen LogP contribution >= 0.6 is 43.2 Å². The van der Waals surface area contributed by atoms with E-state index in [1.54, 1.807) is 6.92 Å². The van der Waals surface area contributed by atoms with E-state index >= 15 is 0 Å². The molecule has 76 valence electrons. The predicted molar refractivity (Wildman–Crippen MR) is 63.1 cm³/mol. The number of amides is 1. The van der Waals surface area contributed by atoms with E-state index < -0.39 is 6.09 Å². The molecule has 1 heterocycles. The Bertz CT molecular complexity index is 389. The summed E-state index contributed by atoms with van der Waals surface area (Å²) < 4.78 is 1.85. The van der Waals surface area contributed by atoms with Gasteiger partial charge in [-0.15, -0.1) is 11.3 Å². The van der Waals surface area contributed by atoms with Gasteiger partial charge in [-0.25, -0.2) is 10.2 Å². The maximum atomic E-state index is 10.2. The van der Waals surface area contributed by atoms with E-state index in [1.165, 1.54) is 11.3 Å². The second kappa shape index (κ2) is 4.90. The van der Waals surface area contributed by atoms with Crippen LogP contribution < -0.4 is 5.43 Å². The topological polar surface area (TPSA) is 61.7 Å². The van der Waals surface area contributed by atoms with E-state index in [1.807, 2.05) is 11.5 Å². The minimum absolute atomic E-state index is 0.620. The van der Waals surface area contributed by atoms with Crippen molar-refractivity contribution >= 4 is 55.0 Å². The van der Waals surface area contributed by atoms with E-state index in [2.05, 4.69) is 37.0 Å². The molecule has 0 radical (unpaired) electrons. The molecule has 1 aromatic heterocycles. The van der Waals surface area contributed by atoms with Crippen molar-refractivity contribution < 1.29 is 9.90 Å². The van der Waals surface area contributed by atoms with Crippen LogP contribution in [0, 0.1) is 0 Å². The van der Waals surface area contributed by atoms with Gasteiger partial charge in [0.25, 0.3) is 0 Å². The Morgan fingerprint density at radius 2 is 2.29 bits per heavy atom. The molecule has 1 rings (SSSR count). The quantitative estimate of drug-likeness (QED) is 0.640.